The van der Waals surface area contributed by atoms with Crippen molar-refractivity contribution in [3.05, 3.63) is 27.8 Å². The Morgan fingerprint density at radius 2 is 1.95 bits per heavy atom. The maximum atomic E-state index is 11.1. The molecule has 0 fully saturated rings. The van der Waals surface area contributed by atoms with E-state index >= 15 is 0 Å². The van der Waals surface area contributed by atoms with Crippen LogP contribution in [0.3, 0.4) is 0 Å². The van der Waals surface area contributed by atoms with Crippen molar-refractivity contribution in [2.45, 2.75) is 6.42 Å². The van der Waals surface area contributed by atoms with Crippen LogP contribution >= 0.6 is 12.2 Å². The number of nitrogens with one attached hydrogen (secondary N) is 2. The first-order chi connectivity index (χ1) is 9.53. The second-order valence-electron chi connectivity index (χ2n) is 3.85. The third-order valence-electron chi connectivity index (χ3n) is 2.69. The zero-order chi connectivity index (χ0) is 15.1. The highest BCUT2D eigenvalue weighted by molar-refractivity contribution is 7.80. The molecular weight excluding hydrogens is 282 g/mol. The summed E-state index contributed by atoms with van der Waals surface area (Å²) in [6, 6.07) is 2.98. The minimum absolute atomic E-state index is 0.000161. The van der Waals surface area contributed by atoms with Crippen molar-refractivity contribution in [1.82, 2.24) is 10.6 Å². The van der Waals surface area contributed by atoms with Crippen LogP contribution < -0.4 is 20.1 Å². The quantitative estimate of drug-likeness (QED) is 0.464. The van der Waals surface area contributed by atoms with E-state index in [4.69, 9.17) is 21.7 Å². The summed E-state index contributed by atoms with van der Waals surface area (Å²) >= 11 is 4.94. The Kier molecular flexibility index (Phi) is 5.98. The predicted molar refractivity (Wildman–Crippen MR) is 79.6 cm³/mol. The largest absolute Gasteiger partial charge is 0.493 e. The van der Waals surface area contributed by atoms with E-state index in [2.05, 4.69) is 10.6 Å². The van der Waals surface area contributed by atoms with Crippen molar-refractivity contribution < 1.29 is 14.4 Å². The molecule has 7 nitrogen and oxygen atoms in total. The van der Waals surface area contributed by atoms with Gasteiger partial charge in [-0.25, -0.2) is 0 Å². The molecule has 0 atom stereocenters. The molecule has 8 heteroatoms. The molecule has 110 valence electrons. The summed E-state index contributed by atoms with van der Waals surface area (Å²) in [5, 5.41) is 17.3. The van der Waals surface area contributed by atoms with Gasteiger partial charge >= 0.3 is 0 Å². The van der Waals surface area contributed by atoms with E-state index in [-0.39, 0.29) is 5.69 Å². The van der Waals surface area contributed by atoms with Gasteiger partial charge in [0.05, 0.1) is 25.2 Å². The van der Waals surface area contributed by atoms with E-state index in [9.17, 15) is 10.1 Å². The molecule has 1 rings (SSSR count). The zero-order valence-corrected chi connectivity index (χ0v) is 12.4. The lowest BCUT2D eigenvalue weighted by atomic mass is 10.1. The molecule has 1 aromatic carbocycles. The fourth-order valence-electron chi connectivity index (χ4n) is 1.68. The van der Waals surface area contributed by atoms with Gasteiger partial charge in [-0.15, -0.1) is 0 Å². The van der Waals surface area contributed by atoms with Gasteiger partial charge in [-0.1, -0.05) is 0 Å². The fraction of sp³-hybridized carbons (Fsp3) is 0.417. The van der Waals surface area contributed by atoms with Gasteiger partial charge in [0.1, 0.15) is 0 Å². The normalized spacial score (nSPS) is 9.75. The van der Waals surface area contributed by atoms with Crippen molar-refractivity contribution >= 4 is 23.0 Å². The lowest BCUT2D eigenvalue weighted by Crippen LogP contribution is -2.33. The van der Waals surface area contributed by atoms with Crippen LogP contribution in [0.2, 0.25) is 0 Å². The molecule has 0 radical (unpaired) electrons. The molecule has 0 aliphatic carbocycles. The SMILES string of the molecule is CNC(=S)NCCc1cc(OC)c(OC)cc1[N+](=O)[O-]. The number of nitro groups is 1. The van der Waals surface area contributed by atoms with Crippen LogP contribution in [0.25, 0.3) is 0 Å². The van der Waals surface area contributed by atoms with Gasteiger partial charge < -0.3 is 20.1 Å². The molecule has 0 aliphatic heterocycles. The molecule has 0 bridgehead atoms. The van der Waals surface area contributed by atoms with Gasteiger partial charge in [0.15, 0.2) is 16.6 Å². The first-order valence-corrected chi connectivity index (χ1v) is 6.29. The zero-order valence-electron chi connectivity index (χ0n) is 11.6. The minimum Gasteiger partial charge on any atom is -0.493 e. The number of benzene rings is 1. The van der Waals surface area contributed by atoms with E-state index in [0.717, 1.165) is 0 Å². The molecular formula is C12H17N3O4S. The second-order valence-corrected chi connectivity index (χ2v) is 4.26. The van der Waals surface area contributed by atoms with Crippen LogP contribution in [-0.4, -0.2) is 37.8 Å². The summed E-state index contributed by atoms with van der Waals surface area (Å²) in [6.45, 7) is 0.482. The van der Waals surface area contributed by atoms with E-state index in [1.807, 2.05) is 0 Å². The summed E-state index contributed by atoms with van der Waals surface area (Å²) < 4.78 is 10.2. The lowest BCUT2D eigenvalue weighted by molar-refractivity contribution is -0.385. The highest BCUT2D eigenvalue weighted by atomic mass is 32.1. The summed E-state index contributed by atoms with van der Waals surface area (Å²) in [5.74, 6) is 0.797. The van der Waals surface area contributed by atoms with Crippen LogP contribution in [0.1, 0.15) is 5.56 Å². The highest BCUT2D eigenvalue weighted by Gasteiger charge is 2.19. The Morgan fingerprint density at radius 1 is 1.35 bits per heavy atom. The van der Waals surface area contributed by atoms with Crippen LogP contribution in [0, 0.1) is 10.1 Å². The van der Waals surface area contributed by atoms with Crippen molar-refractivity contribution in [3.8, 4) is 11.5 Å². The molecule has 0 saturated heterocycles. The van der Waals surface area contributed by atoms with Gasteiger partial charge in [0.2, 0.25) is 0 Å². The van der Waals surface area contributed by atoms with Crippen molar-refractivity contribution in [2.24, 2.45) is 0 Å². The van der Waals surface area contributed by atoms with Crippen LogP contribution in [0.4, 0.5) is 5.69 Å². The molecule has 0 unspecified atom stereocenters. The molecule has 0 heterocycles. The van der Waals surface area contributed by atoms with Gasteiger partial charge in [0.25, 0.3) is 5.69 Å². The average Bonchev–Trinajstić information content (AvgIpc) is 2.45. The van der Waals surface area contributed by atoms with Gasteiger partial charge in [-0.05, 0) is 24.7 Å². The van der Waals surface area contributed by atoms with Crippen LogP contribution in [0.15, 0.2) is 12.1 Å². The fourth-order valence-corrected chi connectivity index (χ4v) is 1.78. The van der Waals surface area contributed by atoms with E-state index < -0.39 is 4.92 Å². The van der Waals surface area contributed by atoms with Crippen molar-refractivity contribution in [2.75, 3.05) is 27.8 Å². The Hall–Kier alpha value is -2.09. The van der Waals surface area contributed by atoms with Gasteiger partial charge in [0, 0.05) is 19.2 Å². The number of rotatable bonds is 6. The van der Waals surface area contributed by atoms with Crippen molar-refractivity contribution in [1.29, 1.82) is 0 Å². The van der Waals surface area contributed by atoms with Crippen LogP contribution in [0.5, 0.6) is 11.5 Å². The number of nitro benzene ring substituents is 1. The Morgan fingerprint density at radius 3 is 2.45 bits per heavy atom. The number of thiocarbonyl (C=S) groups is 1. The van der Waals surface area contributed by atoms with Gasteiger partial charge in [-0.3, -0.25) is 10.1 Å². The smallest absolute Gasteiger partial charge is 0.276 e. The maximum Gasteiger partial charge on any atom is 0.276 e. The van der Waals surface area contributed by atoms with Gasteiger partial charge in [-0.2, -0.15) is 0 Å². The molecule has 0 spiro atoms. The third-order valence-corrected chi connectivity index (χ3v) is 3.04. The molecule has 0 amide bonds. The van der Waals surface area contributed by atoms with Crippen LogP contribution in [-0.2, 0) is 6.42 Å². The summed E-state index contributed by atoms with van der Waals surface area (Å²) in [7, 11) is 4.63. The minimum atomic E-state index is -0.437. The maximum absolute atomic E-state index is 11.1. The summed E-state index contributed by atoms with van der Waals surface area (Å²) in [4.78, 5) is 10.7. The molecule has 0 aromatic heterocycles. The first-order valence-electron chi connectivity index (χ1n) is 5.88. The first kappa shape index (κ1) is 16.0. The topological polar surface area (TPSA) is 85.7 Å². The monoisotopic (exact) mass is 299 g/mol. The molecule has 0 aliphatic rings. The molecule has 1 aromatic rings. The third kappa shape index (κ3) is 3.95. The number of hydrogen-bond donors (Lipinski definition) is 2. The summed E-state index contributed by atoms with van der Waals surface area (Å²) in [5.41, 5.74) is 0.555. The molecule has 2 N–H and O–H groups in total. The molecule has 20 heavy (non-hydrogen) atoms. The Bertz CT molecular complexity index is 508. The Balaban J connectivity index is 2.97. The number of nitrogens with zero attached hydrogens (tertiary/aromatic N) is 1. The highest BCUT2D eigenvalue weighted by Crippen LogP contribution is 2.34. The predicted octanol–water partition coefficient (Wildman–Crippen LogP) is 1.25. The summed E-state index contributed by atoms with van der Waals surface area (Å²) in [6.07, 6.45) is 0.443. The van der Waals surface area contributed by atoms with E-state index in [1.165, 1.54) is 20.3 Å². The average molecular weight is 299 g/mol. The van der Waals surface area contributed by atoms with E-state index in [0.29, 0.717) is 35.1 Å². The second kappa shape index (κ2) is 7.49. The van der Waals surface area contributed by atoms with Crippen molar-refractivity contribution in [3.63, 3.8) is 0 Å². The number of hydrogen-bond acceptors (Lipinski definition) is 5. The lowest BCUT2D eigenvalue weighted by Gasteiger charge is -2.11. The number of ether oxygens (including phenoxy) is 2. The number of methoxy groups -OCH3 is 2. The standard InChI is InChI=1S/C12H17N3O4S/c1-13-12(20)14-5-4-8-6-10(18-2)11(19-3)7-9(8)15(16)17/h6-7H,4-5H2,1-3H3,(H2,13,14,20). The molecule has 0 saturated carbocycles. The van der Waals surface area contributed by atoms with E-state index in [1.54, 1.807) is 13.1 Å². The Labute approximate surface area is 122 Å².